The number of aryl methyl sites for hydroxylation is 3. The van der Waals surface area contributed by atoms with Crippen LogP contribution in [0.4, 0.5) is 0 Å². The normalized spacial score (nSPS) is 12.5. The zero-order chi connectivity index (χ0) is 15.1. The Hall–Kier alpha value is -1.35. The van der Waals surface area contributed by atoms with Crippen molar-refractivity contribution in [2.75, 3.05) is 6.54 Å². The van der Waals surface area contributed by atoms with Gasteiger partial charge in [0, 0.05) is 13.0 Å². The van der Waals surface area contributed by atoms with Crippen LogP contribution in [0.25, 0.3) is 0 Å². The molecule has 0 saturated carbocycles. The minimum atomic E-state index is -0.444. The molecule has 0 saturated heterocycles. The second-order valence-corrected chi connectivity index (χ2v) is 6.02. The number of aliphatic hydroxyl groups excluding tert-OH is 1. The third-order valence-electron chi connectivity index (χ3n) is 3.40. The van der Waals surface area contributed by atoms with Crippen LogP contribution in [0.1, 0.15) is 43.4 Å². The molecule has 0 bridgehead atoms. The van der Waals surface area contributed by atoms with E-state index >= 15 is 0 Å². The average molecular weight is 277 g/mol. The fraction of sp³-hybridized carbons (Fsp3) is 0.588. The van der Waals surface area contributed by atoms with Gasteiger partial charge in [-0.2, -0.15) is 0 Å². The van der Waals surface area contributed by atoms with E-state index in [9.17, 15) is 9.90 Å². The molecule has 1 aromatic carbocycles. The lowest BCUT2D eigenvalue weighted by Crippen LogP contribution is -2.32. The maximum absolute atomic E-state index is 11.8. The smallest absolute Gasteiger partial charge is 0.220 e. The fourth-order valence-corrected chi connectivity index (χ4v) is 2.32. The van der Waals surface area contributed by atoms with Crippen LogP contribution in [0.15, 0.2) is 18.2 Å². The minimum Gasteiger partial charge on any atom is -0.391 e. The molecule has 3 nitrogen and oxygen atoms in total. The van der Waals surface area contributed by atoms with Gasteiger partial charge in [0.1, 0.15) is 0 Å². The summed E-state index contributed by atoms with van der Waals surface area (Å²) in [5.74, 6) is 0.449. The van der Waals surface area contributed by atoms with Crippen LogP contribution in [-0.4, -0.2) is 23.7 Å². The molecule has 0 spiro atoms. The van der Waals surface area contributed by atoms with Gasteiger partial charge in [-0.15, -0.1) is 0 Å². The average Bonchev–Trinajstić information content (AvgIpc) is 2.34. The molecule has 3 heteroatoms. The molecule has 0 aliphatic heterocycles. The predicted molar refractivity (Wildman–Crippen MR) is 82.7 cm³/mol. The summed E-state index contributed by atoms with van der Waals surface area (Å²) in [6.07, 6.45) is 1.49. The molecule has 1 amide bonds. The van der Waals surface area contributed by atoms with E-state index in [-0.39, 0.29) is 5.91 Å². The highest BCUT2D eigenvalue weighted by Crippen LogP contribution is 2.12. The Kier molecular flexibility index (Phi) is 6.73. The number of benzene rings is 1. The van der Waals surface area contributed by atoms with Crippen molar-refractivity contribution in [2.45, 2.75) is 53.1 Å². The highest BCUT2D eigenvalue weighted by molar-refractivity contribution is 5.76. The van der Waals surface area contributed by atoms with Gasteiger partial charge < -0.3 is 10.4 Å². The molecule has 1 rings (SSSR count). The molecule has 2 N–H and O–H groups in total. The highest BCUT2D eigenvalue weighted by Gasteiger charge is 2.09. The van der Waals surface area contributed by atoms with E-state index in [1.54, 1.807) is 0 Å². The molecule has 112 valence electrons. The van der Waals surface area contributed by atoms with Crippen molar-refractivity contribution in [2.24, 2.45) is 5.92 Å². The molecule has 1 atom stereocenters. The van der Waals surface area contributed by atoms with Gasteiger partial charge in [0.2, 0.25) is 5.91 Å². The first-order chi connectivity index (χ1) is 9.38. The lowest BCUT2D eigenvalue weighted by atomic mass is 10.0. The van der Waals surface area contributed by atoms with Crippen molar-refractivity contribution in [1.29, 1.82) is 0 Å². The first-order valence-corrected chi connectivity index (χ1v) is 7.39. The lowest BCUT2D eigenvalue weighted by molar-refractivity contribution is -0.121. The number of hydrogen-bond acceptors (Lipinski definition) is 2. The summed E-state index contributed by atoms with van der Waals surface area (Å²) in [6.45, 7) is 8.62. The van der Waals surface area contributed by atoms with Gasteiger partial charge >= 0.3 is 0 Å². The van der Waals surface area contributed by atoms with Gasteiger partial charge in [0.05, 0.1) is 6.10 Å². The number of carbonyl (C=O) groups is 1. The number of nitrogens with one attached hydrogen (secondary N) is 1. The Morgan fingerprint density at radius 2 is 2.00 bits per heavy atom. The number of aliphatic hydroxyl groups is 1. The zero-order valence-corrected chi connectivity index (χ0v) is 13.1. The summed E-state index contributed by atoms with van der Waals surface area (Å²) in [5.41, 5.74) is 3.69. The van der Waals surface area contributed by atoms with Gasteiger partial charge in [0.25, 0.3) is 0 Å². The monoisotopic (exact) mass is 277 g/mol. The van der Waals surface area contributed by atoms with Crippen molar-refractivity contribution >= 4 is 5.91 Å². The SMILES string of the molecule is Cc1ccc(CCC(=O)NCC(O)CC(C)C)c(C)c1. The van der Waals surface area contributed by atoms with Crippen LogP contribution >= 0.6 is 0 Å². The van der Waals surface area contributed by atoms with Gasteiger partial charge in [0.15, 0.2) is 0 Å². The van der Waals surface area contributed by atoms with Crippen molar-refractivity contribution in [3.8, 4) is 0 Å². The predicted octanol–water partition coefficient (Wildman–Crippen LogP) is 2.76. The quantitative estimate of drug-likeness (QED) is 0.805. The van der Waals surface area contributed by atoms with Crippen LogP contribution in [0, 0.1) is 19.8 Å². The van der Waals surface area contributed by atoms with Crippen molar-refractivity contribution in [3.05, 3.63) is 34.9 Å². The Balaban J connectivity index is 2.33. The topological polar surface area (TPSA) is 49.3 Å². The largest absolute Gasteiger partial charge is 0.391 e. The van der Waals surface area contributed by atoms with Gasteiger partial charge in [-0.05, 0) is 43.7 Å². The summed E-state index contributed by atoms with van der Waals surface area (Å²) in [6, 6.07) is 6.30. The molecular weight excluding hydrogens is 250 g/mol. The van der Waals surface area contributed by atoms with E-state index in [2.05, 4.69) is 51.2 Å². The van der Waals surface area contributed by atoms with Crippen LogP contribution in [-0.2, 0) is 11.2 Å². The molecule has 0 fully saturated rings. The maximum atomic E-state index is 11.8. The summed E-state index contributed by atoms with van der Waals surface area (Å²) < 4.78 is 0. The van der Waals surface area contributed by atoms with E-state index in [1.165, 1.54) is 16.7 Å². The molecule has 0 aromatic heterocycles. The number of amides is 1. The molecular formula is C17H27NO2. The fourth-order valence-electron chi connectivity index (χ4n) is 2.32. The van der Waals surface area contributed by atoms with Crippen molar-refractivity contribution < 1.29 is 9.90 Å². The van der Waals surface area contributed by atoms with E-state index in [4.69, 9.17) is 0 Å². The van der Waals surface area contributed by atoms with Crippen molar-refractivity contribution in [3.63, 3.8) is 0 Å². The summed E-state index contributed by atoms with van der Waals surface area (Å²) in [5, 5.41) is 12.5. The number of rotatable bonds is 7. The van der Waals surface area contributed by atoms with E-state index < -0.39 is 6.10 Å². The van der Waals surface area contributed by atoms with Gasteiger partial charge in [-0.3, -0.25) is 4.79 Å². The maximum Gasteiger partial charge on any atom is 0.220 e. The zero-order valence-electron chi connectivity index (χ0n) is 13.1. The summed E-state index contributed by atoms with van der Waals surface area (Å²) in [7, 11) is 0. The Morgan fingerprint density at radius 1 is 1.30 bits per heavy atom. The number of hydrogen-bond donors (Lipinski definition) is 2. The van der Waals surface area contributed by atoms with E-state index in [0.29, 0.717) is 18.9 Å². The Labute approximate surface area is 122 Å². The first kappa shape index (κ1) is 16.7. The molecule has 1 unspecified atom stereocenters. The van der Waals surface area contributed by atoms with Crippen LogP contribution < -0.4 is 5.32 Å². The van der Waals surface area contributed by atoms with E-state index in [1.807, 2.05) is 0 Å². The summed E-state index contributed by atoms with van der Waals surface area (Å²) in [4.78, 5) is 11.8. The third-order valence-corrected chi connectivity index (χ3v) is 3.40. The van der Waals surface area contributed by atoms with Crippen LogP contribution in [0.3, 0.4) is 0 Å². The molecule has 0 radical (unpaired) electrons. The molecule has 0 aliphatic rings. The van der Waals surface area contributed by atoms with Gasteiger partial charge in [-0.1, -0.05) is 37.6 Å². The molecule has 20 heavy (non-hydrogen) atoms. The Bertz CT molecular complexity index is 441. The van der Waals surface area contributed by atoms with E-state index in [0.717, 1.165) is 12.8 Å². The van der Waals surface area contributed by atoms with Crippen LogP contribution in [0.5, 0.6) is 0 Å². The third kappa shape index (κ3) is 6.20. The standard InChI is InChI=1S/C17H27NO2/c1-12(2)9-16(19)11-18-17(20)8-7-15-6-5-13(3)10-14(15)4/h5-6,10,12,16,19H,7-9,11H2,1-4H3,(H,18,20). The second kappa shape index (κ2) is 8.05. The molecule has 1 aromatic rings. The molecule has 0 aliphatic carbocycles. The van der Waals surface area contributed by atoms with Gasteiger partial charge in [-0.25, -0.2) is 0 Å². The van der Waals surface area contributed by atoms with Crippen LogP contribution in [0.2, 0.25) is 0 Å². The molecule has 0 heterocycles. The van der Waals surface area contributed by atoms with Crippen molar-refractivity contribution in [1.82, 2.24) is 5.32 Å². The second-order valence-electron chi connectivity index (χ2n) is 6.02. The minimum absolute atomic E-state index is 0.00720. The lowest BCUT2D eigenvalue weighted by Gasteiger charge is -2.14. The Morgan fingerprint density at radius 3 is 2.60 bits per heavy atom. The first-order valence-electron chi connectivity index (χ1n) is 7.39. The highest BCUT2D eigenvalue weighted by atomic mass is 16.3. The number of carbonyl (C=O) groups excluding carboxylic acids is 1. The summed E-state index contributed by atoms with van der Waals surface area (Å²) >= 11 is 0.